The number of halogens is 1. The Hall–Kier alpha value is -1.32. The fourth-order valence-corrected chi connectivity index (χ4v) is 4.50. The molecule has 4 rings (SSSR count). The molecule has 0 radical (unpaired) electrons. The van der Waals surface area contributed by atoms with Crippen molar-refractivity contribution in [3.63, 3.8) is 0 Å². The lowest BCUT2D eigenvalue weighted by molar-refractivity contribution is -0.133. The molecule has 1 unspecified atom stereocenters. The Balaban J connectivity index is 1.63. The second-order valence-electron chi connectivity index (χ2n) is 6.57. The average molecular weight is 346 g/mol. The van der Waals surface area contributed by atoms with Crippen molar-refractivity contribution in [2.75, 3.05) is 6.54 Å². The summed E-state index contributed by atoms with van der Waals surface area (Å²) in [7, 11) is 0. The summed E-state index contributed by atoms with van der Waals surface area (Å²) < 4.78 is 0. The van der Waals surface area contributed by atoms with Crippen LogP contribution in [0.15, 0.2) is 35.7 Å². The fraction of sp³-hybridized carbons (Fsp3) is 0.421. The summed E-state index contributed by atoms with van der Waals surface area (Å²) in [6.45, 7) is 0.824. The van der Waals surface area contributed by atoms with E-state index in [1.165, 1.54) is 23.3 Å². The summed E-state index contributed by atoms with van der Waals surface area (Å²) in [4.78, 5) is 16.3. The summed E-state index contributed by atoms with van der Waals surface area (Å²) >= 11 is 7.85. The Morgan fingerprint density at radius 3 is 2.74 bits per heavy atom. The number of rotatable bonds is 4. The van der Waals surface area contributed by atoms with Crippen molar-refractivity contribution in [1.82, 2.24) is 4.90 Å². The molecule has 23 heavy (non-hydrogen) atoms. The van der Waals surface area contributed by atoms with Gasteiger partial charge in [-0.25, -0.2) is 0 Å². The average Bonchev–Trinajstić information content (AvgIpc) is 3.27. The molecular weight excluding hydrogens is 326 g/mol. The minimum atomic E-state index is 0.0500. The molecule has 1 aromatic heterocycles. The molecule has 0 saturated heterocycles. The molecule has 0 spiro atoms. The van der Waals surface area contributed by atoms with Crippen LogP contribution >= 0.6 is 22.9 Å². The van der Waals surface area contributed by atoms with E-state index in [9.17, 15) is 4.79 Å². The van der Waals surface area contributed by atoms with E-state index < -0.39 is 0 Å². The predicted octanol–water partition coefficient (Wildman–Crippen LogP) is 5.07. The molecule has 0 N–H and O–H groups in total. The Bertz CT molecular complexity index is 704. The lowest BCUT2D eigenvalue weighted by atomic mass is 9.93. The normalized spacial score (nSPS) is 20.4. The topological polar surface area (TPSA) is 20.3 Å². The number of amides is 1. The number of fused-ring (bicyclic) bond motifs is 1. The van der Waals surface area contributed by atoms with Crippen molar-refractivity contribution in [2.45, 2.75) is 38.1 Å². The van der Waals surface area contributed by atoms with Crippen molar-refractivity contribution in [1.29, 1.82) is 0 Å². The van der Waals surface area contributed by atoms with E-state index >= 15 is 0 Å². The summed E-state index contributed by atoms with van der Waals surface area (Å²) in [5.41, 5.74) is 2.46. The molecule has 1 fully saturated rings. The molecule has 1 aliphatic heterocycles. The molecule has 4 heteroatoms. The zero-order valence-corrected chi connectivity index (χ0v) is 14.6. The molecule has 1 amide bonds. The van der Waals surface area contributed by atoms with Gasteiger partial charge in [0.15, 0.2) is 0 Å². The number of thiophene rings is 1. The molecule has 2 aliphatic rings. The molecule has 1 saturated carbocycles. The highest BCUT2D eigenvalue weighted by Gasteiger charge is 2.33. The Kier molecular flexibility index (Phi) is 4.16. The monoisotopic (exact) mass is 345 g/mol. The Labute approximate surface area is 146 Å². The summed E-state index contributed by atoms with van der Waals surface area (Å²) in [6.07, 6.45) is 5.34. The summed E-state index contributed by atoms with van der Waals surface area (Å²) in [5, 5.41) is 2.88. The highest BCUT2D eigenvalue weighted by atomic mass is 35.5. The molecule has 2 nitrogen and oxygen atoms in total. The van der Waals surface area contributed by atoms with Gasteiger partial charge >= 0.3 is 0 Å². The van der Waals surface area contributed by atoms with Gasteiger partial charge < -0.3 is 4.90 Å². The first-order chi connectivity index (χ1) is 11.2. The number of nitrogens with zero attached hydrogens (tertiary/aromatic N) is 1. The second kappa shape index (κ2) is 6.29. The van der Waals surface area contributed by atoms with Crippen LogP contribution in [0.1, 0.15) is 47.7 Å². The molecule has 1 aliphatic carbocycles. The zero-order chi connectivity index (χ0) is 15.8. The molecule has 120 valence electrons. The van der Waals surface area contributed by atoms with Gasteiger partial charge in [-0.05, 0) is 53.5 Å². The number of hydrogen-bond donors (Lipinski definition) is 0. The minimum absolute atomic E-state index is 0.0500. The first kappa shape index (κ1) is 15.2. The molecule has 2 aromatic rings. The van der Waals surface area contributed by atoms with Crippen LogP contribution in [0.5, 0.6) is 0 Å². The van der Waals surface area contributed by atoms with Crippen molar-refractivity contribution >= 4 is 28.8 Å². The van der Waals surface area contributed by atoms with Gasteiger partial charge in [0.25, 0.3) is 0 Å². The predicted molar refractivity (Wildman–Crippen MR) is 95.0 cm³/mol. The maximum atomic E-state index is 12.8. The van der Waals surface area contributed by atoms with Crippen molar-refractivity contribution < 1.29 is 4.79 Å². The minimum Gasteiger partial charge on any atom is -0.331 e. The molecule has 2 heterocycles. The zero-order valence-electron chi connectivity index (χ0n) is 13.0. The molecular formula is C19H20ClNOS. The third kappa shape index (κ3) is 3.17. The number of carbonyl (C=O) groups excluding carboxylic acids is 1. The van der Waals surface area contributed by atoms with Gasteiger partial charge in [0.1, 0.15) is 0 Å². The van der Waals surface area contributed by atoms with Gasteiger partial charge in [-0.3, -0.25) is 4.79 Å². The van der Waals surface area contributed by atoms with Gasteiger partial charge in [-0.1, -0.05) is 36.6 Å². The SMILES string of the molecule is O=C(CCC1CC1)N1CCc2sccc2C1c1ccc(Cl)cc1. The van der Waals surface area contributed by atoms with Gasteiger partial charge in [0, 0.05) is 22.9 Å². The maximum Gasteiger partial charge on any atom is 0.223 e. The van der Waals surface area contributed by atoms with Crippen LogP contribution < -0.4 is 0 Å². The van der Waals surface area contributed by atoms with E-state index in [1.807, 2.05) is 12.1 Å². The number of benzene rings is 1. The summed E-state index contributed by atoms with van der Waals surface area (Å²) in [5.74, 6) is 1.10. The van der Waals surface area contributed by atoms with E-state index in [0.29, 0.717) is 12.3 Å². The third-order valence-electron chi connectivity index (χ3n) is 4.94. The van der Waals surface area contributed by atoms with Crippen LogP contribution in [0.3, 0.4) is 0 Å². The summed E-state index contributed by atoms with van der Waals surface area (Å²) in [6, 6.07) is 10.2. The van der Waals surface area contributed by atoms with Crippen molar-refractivity contribution in [3.8, 4) is 0 Å². The van der Waals surface area contributed by atoms with Gasteiger partial charge in [-0.2, -0.15) is 0 Å². The van der Waals surface area contributed by atoms with Crippen molar-refractivity contribution in [3.05, 3.63) is 56.7 Å². The number of hydrogen-bond acceptors (Lipinski definition) is 2. The Morgan fingerprint density at radius 1 is 1.22 bits per heavy atom. The molecule has 1 aromatic carbocycles. The van der Waals surface area contributed by atoms with E-state index in [0.717, 1.165) is 35.9 Å². The highest BCUT2D eigenvalue weighted by molar-refractivity contribution is 7.10. The van der Waals surface area contributed by atoms with Crippen LogP contribution in [-0.4, -0.2) is 17.4 Å². The number of carbonyl (C=O) groups is 1. The van der Waals surface area contributed by atoms with E-state index in [1.54, 1.807) is 11.3 Å². The lowest BCUT2D eigenvalue weighted by Gasteiger charge is -2.36. The smallest absolute Gasteiger partial charge is 0.223 e. The van der Waals surface area contributed by atoms with Crippen LogP contribution in [-0.2, 0) is 11.2 Å². The lowest BCUT2D eigenvalue weighted by Crippen LogP contribution is -2.40. The first-order valence-electron chi connectivity index (χ1n) is 8.33. The Morgan fingerprint density at radius 2 is 2.00 bits per heavy atom. The van der Waals surface area contributed by atoms with E-state index in [-0.39, 0.29) is 6.04 Å². The van der Waals surface area contributed by atoms with E-state index in [2.05, 4.69) is 28.5 Å². The van der Waals surface area contributed by atoms with Gasteiger partial charge in [-0.15, -0.1) is 11.3 Å². The van der Waals surface area contributed by atoms with Crippen LogP contribution in [0.4, 0.5) is 0 Å². The van der Waals surface area contributed by atoms with Gasteiger partial charge in [0.2, 0.25) is 5.91 Å². The first-order valence-corrected chi connectivity index (χ1v) is 9.59. The van der Waals surface area contributed by atoms with Crippen LogP contribution in [0, 0.1) is 5.92 Å². The van der Waals surface area contributed by atoms with E-state index in [4.69, 9.17) is 11.6 Å². The quantitative estimate of drug-likeness (QED) is 0.757. The third-order valence-corrected chi connectivity index (χ3v) is 6.18. The molecule has 0 bridgehead atoms. The standard InChI is InChI=1S/C19H20ClNOS/c20-15-6-4-14(5-7-15)19-16-10-12-23-17(16)9-11-21(19)18(22)8-3-13-1-2-13/h4-7,10,12-13,19H,1-3,8-9,11H2. The maximum absolute atomic E-state index is 12.8. The molecule has 1 atom stereocenters. The van der Waals surface area contributed by atoms with Crippen molar-refractivity contribution in [2.24, 2.45) is 5.92 Å². The van der Waals surface area contributed by atoms with Crippen LogP contribution in [0.25, 0.3) is 0 Å². The fourth-order valence-electron chi connectivity index (χ4n) is 3.47. The van der Waals surface area contributed by atoms with Gasteiger partial charge in [0.05, 0.1) is 6.04 Å². The highest BCUT2D eigenvalue weighted by Crippen LogP contribution is 2.39. The largest absolute Gasteiger partial charge is 0.331 e. The second-order valence-corrected chi connectivity index (χ2v) is 8.01. The van der Waals surface area contributed by atoms with Crippen LogP contribution in [0.2, 0.25) is 5.02 Å².